The average Bonchev–Trinajstić information content (AvgIpc) is 2.99. The van der Waals surface area contributed by atoms with Crippen molar-refractivity contribution in [1.29, 1.82) is 0 Å². The molecule has 100 valence electrons. The van der Waals surface area contributed by atoms with Crippen molar-refractivity contribution >= 4 is 17.0 Å². The first-order valence-electron chi connectivity index (χ1n) is 6.93. The summed E-state index contributed by atoms with van der Waals surface area (Å²) in [5, 5.41) is 18.0. The van der Waals surface area contributed by atoms with E-state index in [4.69, 9.17) is 0 Å². The van der Waals surface area contributed by atoms with Crippen LogP contribution in [0.15, 0.2) is 16.8 Å². The molecule has 3 rings (SSSR count). The third-order valence-electron chi connectivity index (χ3n) is 4.09. The average molecular weight is 266 g/mol. The molecule has 1 aliphatic carbocycles. The van der Waals surface area contributed by atoms with Gasteiger partial charge in [0, 0.05) is 42.2 Å². The summed E-state index contributed by atoms with van der Waals surface area (Å²) in [6.45, 7) is 3.99. The Labute approximate surface area is 113 Å². The van der Waals surface area contributed by atoms with E-state index in [1.807, 2.05) is 6.92 Å². The van der Waals surface area contributed by atoms with Crippen molar-refractivity contribution in [3.63, 3.8) is 0 Å². The van der Waals surface area contributed by atoms with E-state index in [1.165, 1.54) is 18.5 Å². The first-order chi connectivity index (χ1) is 8.72. The Morgan fingerprint density at radius 3 is 2.83 bits per heavy atom. The van der Waals surface area contributed by atoms with Crippen LogP contribution in [0.3, 0.4) is 0 Å². The van der Waals surface area contributed by atoms with E-state index in [9.17, 15) is 5.11 Å². The number of aliphatic hydroxyl groups is 1. The minimum atomic E-state index is -0.213. The second kappa shape index (κ2) is 5.19. The third kappa shape index (κ3) is 2.87. The predicted molar refractivity (Wildman–Crippen MR) is 76.3 cm³/mol. The van der Waals surface area contributed by atoms with Crippen molar-refractivity contribution in [3.05, 3.63) is 16.8 Å². The number of rotatable bonds is 4. The summed E-state index contributed by atoms with van der Waals surface area (Å²) in [5.41, 5.74) is 1.31. The number of piperidine rings is 1. The molecule has 1 aliphatic heterocycles. The van der Waals surface area contributed by atoms with Gasteiger partial charge in [0.1, 0.15) is 0 Å². The van der Waals surface area contributed by atoms with Crippen molar-refractivity contribution in [2.24, 2.45) is 5.92 Å². The normalized spacial score (nSPS) is 30.4. The summed E-state index contributed by atoms with van der Waals surface area (Å²) in [6, 6.07) is 3.46. The summed E-state index contributed by atoms with van der Waals surface area (Å²) in [4.78, 5) is 2.43. The van der Waals surface area contributed by atoms with Gasteiger partial charge in [-0.05, 0) is 37.6 Å². The number of hydrogen-bond donors (Lipinski definition) is 2. The summed E-state index contributed by atoms with van der Waals surface area (Å²) in [7, 11) is 0. The fourth-order valence-corrected chi connectivity index (χ4v) is 3.50. The molecule has 2 heterocycles. The number of anilines is 1. The Bertz CT molecular complexity index is 375. The Balaban J connectivity index is 1.69. The fourth-order valence-electron chi connectivity index (χ4n) is 2.84. The fraction of sp³-hybridized carbons (Fsp3) is 0.714. The second-order valence-corrected chi connectivity index (χ2v) is 6.54. The van der Waals surface area contributed by atoms with Gasteiger partial charge in [0.25, 0.3) is 0 Å². The van der Waals surface area contributed by atoms with Gasteiger partial charge in [-0.15, -0.1) is 0 Å². The standard InChI is InChI=1S/C14H22N2OS/c1-10(17)11-6-13(15-12-2-3-12)8-16(7-11)14-4-5-18-9-14/h4-5,9-13,15,17H,2-3,6-8H2,1H3. The lowest BCUT2D eigenvalue weighted by Gasteiger charge is -2.40. The third-order valence-corrected chi connectivity index (χ3v) is 4.76. The maximum Gasteiger partial charge on any atom is 0.0557 e. The summed E-state index contributed by atoms with van der Waals surface area (Å²) in [5.74, 6) is 0.384. The van der Waals surface area contributed by atoms with Crippen LogP contribution < -0.4 is 10.2 Å². The van der Waals surface area contributed by atoms with E-state index in [-0.39, 0.29) is 6.10 Å². The highest BCUT2D eigenvalue weighted by Crippen LogP contribution is 2.29. The molecular formula is C14H22N2OS. The molecule has 1 aromatic heterocycles. The number of nitrogens with one attached hydrogen (secondary N) is 1. The predicted octanol–water partition coefficient (Wildman–Crippen LogP) is 2.08. The zero-order valence-corrected chi connectivity index (χ0v) is 11.7. The minimum Gasteiger partial charge on any atom is -0.393 e. The van der Waals surface area contributed by atoms with Crippen LogP contribution in [-0.2, 0) is 0 Å². The first-order valence-corrected chi connectivity index (χ1v) is 7.88. The Kier molecular flexibility index (Phi) is 3.59. The molecule has 0 bridgehead atoms. The lowest BCUT2D eigenvalue weighted by molar-refractivity contribution is 0.106. The van der Waals surface area contributed by atoms with Gasteiger partial charge in [-0.2, -0.15) is 11.3 Å². The quantitative estimate of drug-likeness (QED) is 0.876. The van der Waals surface area contributed by atoms with Crippen LogP contribution in [0.25, 0.3) is 0 Å². The van der Waals surface area contributed by atoms with Crippen LogP contribution in [0.1, 0.15) is 26.2 Å². The van der Waals surface area contributed by atoms with Gasteiger partial charge >= 0.3 is 0 Å². The van der Waals surface area contributed by atoms with Crippen LogP contribution >= 0.6 is 11.3 Å². The summed E-state index contributed by atoms with van der Waals surface area (Å²) >= 11 is 1.75. The van der Waals surface area contributed by atoms with Gasteiger partial charge in [0.2, 0.25) is 0 Å². The minimum absolute atomic E-state index is 0.213. The van der Waals surface area contributed by atoms with Crippen molar-refractivity contribution in [1.82, 2.24) is 5.32 Å². The van der Waals surface area contributed by atoms with Gasteiger partial charge in [0.15, 0.2) is 0 Å². The van der Waals surface area contributed by atoms with E-state index >= 15 is 0 Å². The molecule has 0 radical (unpaired) electrons. The molecule has 0 spiro atoms. The highest BCUT2D eigenvalue weighted by molar-refractivity contribution is 7.08. The maximum atomic E-state index is 9.91. The highest BCUT2D eigenvalue weighted by atomic mass is 32.1. The van der Waals surface area contributed by atoms with Crippen LogP contribution in [0.5, 0.6) is 0 Å². The van der Waals surface area contributed by atoms with E-state index in [1.54, 1.807) is 11.3 Å². The van der Waals surface area contributed by atoms with E-state index in [0.29, 0.717) is 12.0 Å². The smallest absolute Gasteiger partial charge is 0.0557 e. The molecule has 3 atom stereocenters. The van der Waals surface area contributed by atoms with Crippen molar-refractivity contribution < 1.29 is 5.11 Å². The molecule has 2 aliphatic rings. The topological polar surface area (TPSA) is 35.5 Å². The molecule has 2 N–H and O–H groups in total. The SMILES string of the molecule is CC(O)C1CC(NC2CC2)CN(c2ccsc2)C1. The molecule has 1 aromatic rings. The molecule has 1 saturated heterocycles. The largest absolute Gasteiger partial charge is 0.393 e. The van der Waals surface area contributed by atoms with Gasteiger partial charge in [-0.1, -0.05) is 0 Å². The molecule has 2 fully saturated rings. The molecule has 4 heteroatoms. The van der Waals surface area contributed by atoms with Crippen LogP contribution in [0.4, 0.5) is 5.69 Å². The highest BCUT2D eigenvalue weighted by Gasteiger charge is 2.33. The monoisotopic (exact) mass is 266 g/mol. The maximum absolute atomic E-state index is 9.91. The van der Waals surface area contributed by atoms with Gasteiger partial charge in [0.05, 0.1) is 6.10 Å². The molecule has 18 heavy (non-hydrogen) atoms. The van der Waals surface area contributed by atoms with Gasteiger partial charge in [-0.25, -0.2) is 0 Å². The van der Waals surface area contributed by atoms with Gasteiger partial charge in [-0.3, -0.25) is 0 Å². The number of hydrogen-bond acceptors (Lipinski definition) is 4. The van der Waals surface area contributed by atoms with E-state index in [2.05, 4.69) is 27.0 Å². The number of nitrogens with zero attached hydrogens (tertiary/aromatic N) is 1. The molecule has 0 amide bonds. The Morgan fingerprint density at radius 1 is 1.39 bits per heavy atom. The molecule has 0 aromatic carbocycles. The van der Waals surface area contributed by atoms with Crippen LogP contribution in [0, 0.1) is 5.92 Å². The van der Waals surface area contributed by atoms with Crippen molar-refractivity contribution in [2.75, 3.05) is 18.0 Å². The van der Waals surface area contributed by atoms with Crippen LogP contribution in [-0.4, -0.2) is 36.4 Å². The van der Waals surface area contributed by atoms with Gasteiger partial charge < -0.3 is 15.3 Å². The van der Waals surface area contributed by atoms with Crippen molar-refractivity contribution in [3.8, 4) is 0 Å². The number of aliphatic hydroxyl groups excluding tert-OH is 1. The zero-order valence-electron chi connectivity index (χ0n) is 10.9. The summed E-state index contributed by atoms with van der Waals surface area (Å²) < 4.78 is 0. The van der Waals surface area contributed by atoms with Crippen molar-refractivity contribution in [2.45, 2.75) is 44.4 Å². The lowest BCUT2D eigenvalue weighted by Crippen LogP contribution is -2.52. The molecule has 3 unspecified atom stereocenters. The molecule has 3 nitrogen and oxygen atoms in total. The first kappa shape index (κ1) is 12.5. The van der Waals surface area contributed by atoms with Crippen LogP contribution in [0.2, 0.25) is 0 Å². The zero-order chi connectivity index (χ0) is 12.5. The summed E-state index contributed by atoms with van der Waals surface area (Å²) in [6.07, 6.45) is 3.55. The molecular weight excluding hydrogens is 244 g/mol. The second-order valence-electron chi connectivity index (χ2n) is 5.76. The van der Waals surface area contributed by atoms with E-state index < -0.39 is 0 Å². The van der Waals surface area contributed by atoms with E-state index in [0.717, 1.165) is 25.6 Å². The Morgan fingerprint density at radius 2 is 2.22 bits per heavy atom. The number of thiophene rings is 1. The molecule has 1 saturated carbocycles. The lowest BCUT2D eigenvalue weighted by atomic mass is 9.90. The Hall–Kier alpha value is -0.580.